The summed E-state index contributed by atoms with van der Waals surface area (Å²) in [5, 5.41) is 0. The third-order valence-corrected chi connectivity index (χ3v) is 5.85. The van der Waals surface area contributed by atoms with Gasteiger partial charge in [0, 0.05) is 24.2 Å². The summed E-state index contributed by atoms with van der Waals surface area (Å²) < 4.78 is 0. The van der Waals surface area contributed by atoms with E-state index in [1.807, 2.05) is 0 Å². The molecule has 3 heteroatoms. The van der Waals surface area contributed by atoms with E-state index < -0.39 is 0 Å². The number of aromatic amines is 1. The Morgan fingerprint density at radius 3 is 2.42 bits per heavy atom. The van der Waals surface area contributed by atoms with Gasteiger partial charge in [-0.1, -0.05) is 0 Å². The monoisotopic (exact) mass is 259 g/mol. The summed E-state index contributed by atoms with van der Waals surface area (Å²) in [7, 11) is 0. The maximum absolute atomic E-state index is 5.58. The zero-order valence-corrected chi connectivity index (χ0v) is 11.6. The lowest BCUT2D eigenvalue weighted by atomic mass is 9.51. The van der Waals surface area contributed by atoms with Gasteiger partial charge in [-0.25, -0.2) is 4.98 Å². The highest BCUT2D eigenvalue weighted by Crippen LogP contribution is 2.59. The van der Waals surface area contributed by atoms with Crippen molar-refractivity contribution in [1.82, 2.24) is 9.97 Å². The predicted molar refractivity (Wildman–Crippen MR) is 75.7 cm³/mol. The Kier molecular flexibility index (Phi) is 2.91. The van der Waals surface area contributed by atoms with Crippen LogP contribution in [0.15, 0.2) is 6.20 Å². The van der Waals surface area contributed by atoms with Gasteiger partial charge in [-0.05, 0) is 68.7 Å². The van der Waals surface area contributed by atoms with Gasteiger partial charge in [0.15, 0.2) is 0 Å². The minimum absolute atomic E-state index is 0.758. The maximum Gasteiger partial charge on any atom is 0.106 e. The van der Waals surface area contributed by atoms with Gasteiger partial charge in [0.25, 0.3) is 0 Å². The molecule has 3 nitrogen and oxygen atoms in total. The molecule has 1 heterocycles. The van der Waals surface area contributed by atoms with Crippen LogP contribution in [0.25, 0.3) is 0 Å². The van der Waals surface area contributed by atoms with Gasteiger partial charge < -0.3 is 10.7 Å². The molecule has 0 atom stereocenters. The number of aryl methyl sites for hydroxylation is 1. The molecule has 0 aromatic carbocycles. The minimum Gasteiger partial charge on any atom is -0.346 e. The first kappa shape index (κ1) is 12.0. The molecule has 0 saturated heterocycles. The third kappa shape index (κ3) is 2.03. The van der Waals surface area contributed by atoms with E-state index in [0.29, 0.717) is 0 Å². The average molecular weight is 259 g/mol. The molecule has 4 fully saturated rings. The van der Waals surface area contributed by atoms with Gasteiger partial charge in [-0.3, -0.25) is 0 Å². The molecule has 4 bridgehead atoms. The molecule has 1 aromatic rings. The number of imidazole rings is 1. The van der Waals surface area contributed by atoms with Crippen molar-refractivity contribution in [1.29, 1.82) is 0 Å². The number of hydrogen-bond donors (Lipinski definition) is 2. The van der Waals surface area contributed by atoms with Crippen LogP contribution in [0.3, 0.4) is 0 Å². The van der Waals surface area contributed by atoms with Crippen LogP contribution in [0.5, 0.6) is 0 Å². The van der Waals surface area contributed by atoms with Gasteiger partial charge in [0.05, 0.1) is 0 Å². The number of H-pyrrole nitrogens is 1. The van der Waals surface area contributed by atoms with E-state index in [2.05, 4.69) is 16.2 Å². The molecular weight excluding hydrogens is 234 g/mol. The van der Waals surface area contributed by atoms with Crippen molar-refractivity contribution in [2.45, 2.75) is 50.9 Å². The van der Waals surface area contributed by atoms with Gasteiger partial charge in [0.2, 0.25) is 0 Å². The SMILES string of the molecule is NCCCc1ncc(C2C3CC4CC(C3)CC2C4)[nH]1. The molecule has 3 N–H and O–H groups in total. The lowest BCUT2D eigenvalue weighted by Crippen LogP contribution is -2.43. The van der Waals surface area contributed by atoms with Crippen LogP contribution in [0.4, 0.5) is 0 Å². The molecule has 104 valence electrons. The lowest BCUT2D eigenvalue weighted by Gasteiger charge is -2.54. The second-order valence-corrected chi connectivity index (χ2v) is 7.13. The molecule has 4 aliphatic rings. The van der Waals surface area contributed by atoms with E-state index in [4.69, 9.17) is 5.73 Å². The highest BCUT2D eigenvalue weighted by Gasteiger charge is 2.49. The van der Waals surface area contributed by atoms with Gasteiger partial charge in [-0.2, -0.15) is 0 Å². The molecule has 0 unspecified atom stereocenters. The lowest BCUT2D eigenvalue weighted by molar-refractivity contribution is -0.00405. The highest BCUT2D eigenvalue weighted by atomic mass is 14.9. The number of nitrogens with zero attached hydrogens (tertiary/aromatic N) is 1. The van der Waals surface area contributed by atoms with Gasteiger partial charge in [0.1, 0.15) is 5.82 Å². The average Bonchev–Trinajstić information content (AvgIpc) is 2.83. The molecule has 0 radical (unpaired) electrons. The summed E-state index contributed by atoms with van der Waals surface area (Å²) in [5.41, 5.74) is 7.01. The molecule has 4 aliphatic carbocycles. The topological polar surface area (TPSA) is 54.7 Å². The summed E-state index contributed by atoms with van der Waals surface area (Å²) in [6.45, 7) is 0.758. The van der Waals surface area contributed by atoms with Crippen molar-refractivity contribution in [3.8, 4) is 0 Å². The first-order chi connectivity index (χ1) is 9.33. The molecule has 1 aromatic heterocycles. The van der Waals surface area contributed by atoms with E-state index >= 15 is 0 Å². The number of rotatable bonds is 4. The first-order valence-electron chi connectivity index (χ1n) is 8.07. The molecule has 5 rings (SSSR count). The van der Waals surface area contributed by atoms with Crippen LogP contribution in [-0.2, 0) is 6.42 Å². The van der Waals surface area contributed by atoms with E-state index in [0.717, 1.165) is 54.8 Å². The zero-order chi connectivity index (χ0) is 12.8. The Hall–Kier alpha value is -0.830. The fraction of sp³-hybridized carbons (Fsp3) is 0.812. The van der Waals surface area contributed by atoms with Crippen LogP contribution in [0.1, 0.15) is 56.0 Å². The number of nitrogens with two attached hydrogens (primary N) is 1. The van der Waals surface area contributed by atoms with Crippen LogP contribution >= 0.6 is 0 Å². The number of hydrogen-bond acceptors (Lipinski definition) is 2. The molecule has 0 aliphatic heterocycles. The van der Waals surface area contributed by atoms with Crippen molar-refractivity contribution in [2.75, 3.05) is 6.54 Å². The third-order valence-electron chi connectivity index (χ3n) is 5.85. The van der Waals surface area contributed by atoms with E-state index in [1.165, 1.54) is 37.8 Å². The Labute approximate surface area is 115 Å². The predicted octanol–water partition coefficient (Wildman–Crippen LogP) is 2.84. The Balaban J connectivity index is 1.54. The van der Waals surface area contributed by atoms with Crippen molar-refractivity contribution in [2.24, 2.45) is 29.4 Å². The van der Waals surface area contributed by atoms with Crippen LogP contribution < -0.4 is 5.73 Å². The molecule has 19 heavy (non-hydrogen) atoms. The molecule has 4 saturated carbocycles. The zero-order valence-electron chi connectivity index (χ0n) is 11.6. The Morgan fingerprint density at radius 2 is 1.79 bits per heavy atom. The van der Waals surface area contributed by atoms with Crippen LogP contribution in [0, 0.1) is 23.7 Å². The van der Waals surface area contributed by atoms with Crippen LogP contribution in [-0.4, -0.2) is 16.5 Å². The molecule has 0 amide bonds. The van der Waals surface area contributed by atoms with Crippen molar-refractivity contribution >= 4 is 0 Å². The first-order valence-corrected chi connectivity index (χ1v) is 8.07. The number of nitrogens with one attached hydrogen (secondary N) is 1. The quantitative estimate of drug-likeness (QED) is 0.873. The summed E-state index contributed by atoms with van der Waals surface area (Å²) in [6, 6.07) is 0. The van der Waals surface area contributed by atoms with E-state index in [9.17, 15) is 0 Å². The van der Waals surface area contributed by atoms with Crippen molar-refractivity contribution in [3.63, 3.8) is 0 Å². The minimum atomic E-state index is 0.758. The van der Waals surface area contributed by atoms with Gasteiger partial charge >= 0.3 is 0 Å². The van der Waals surface area contributed by atoms with Crippen LogP contribution in [0.2, 0.25) is 0 Å². The smallest absolute Gasteiger partial charge is 0.106 e. The van der Waals surface area contributed by atoms with E-state index in [1.54, 1.807) is 0 Å². The second-order valence-electron chi connectivity index (χ2n) is 7.13. The summed E-state index contributed by atoms with van der Waals surface area (Å²) in [6.07, 6.45) is 11.6. The highest BCUT2D eigenvalue weighted by molar-refractivity contribution is 5.16. The second kappa shape index (κ2) is 4.62. The van der Waals surface area contributed by atoms with Crippen molar-refractivity contribution in [3.05, 3.63) is 17.7 Å². The standard InChI is InChI=1S/C16H25N3/c17-3-1-2-15-18-9-14(19-15)16-12-5-10-4-11(7-12)8-13(16)6-10/h9-13,16H,1-8,17H2,(H,18,19). The van der Waals surface area contributed by atoms with Crippen molar-refractivity contribution < 1.29 is 0 Å². The largest absolute Gasteiger partial charge is 0.346 e. The molecule has 0 spiro atoms. The fourth-order valence-corrected chi connectivity index (χ4v) is 5.38. The fourth-order valence-electron chi connectivity index (χ4n) is 5.38. The Morgan fingerprint density at radius 1 is 1.11 bits per heavy atom. The summed E-state index contributed by atoms with van der Waals surface area (Å²) in [4.78, 5) is 8.18. The maximum atomic E-state index is 5.58. The normalized spacial score (nSPS) is 39.9. The summed E-state index contributed by atoms with van der Waals surface area (Å²) >= 11 is 0. The number of aromatic nitrogens is 2. The Bertz CT molecular complexity index is 423. The van der Waals surface area contributed by atoms with E-state index in [-0.39, 0.29) is 0 Å². The van der Waals surface area contributed by atoms with Gasteiger partial charge in [-0.15, -0.1) is 0 Å². The summed E-state index contributed by atoms with van der Waals surface area (Å²) in [5.74, 6) is 5.93. The molecular formula is C16H25N3.